The minimum absolute atomic E-state index is 0.287. The molecule has 1 saturated heterocycles. The Kier molecular flexibility index (Phi) is 3.15. The maximum atomic E-state index is 6.16. The van der Waals surface area contributed by atoms with Gasteiger partial charge in [-0.25, -0.2) is 0 Å². The minimum atomic E-state index is 0.287. The predicted molar refractivity (Wildman–Crippen MR) is 90.3 cm³/mol. The van der Waals surface area contributed by atoms with Gasteiger partial charge in [-0.05, 0) is 69.8 Å². The van der Waals surface area contributed by atoms with Crippen molar-refractivity contribution in [1.82, 2.24) is 0 Å². The summed E-state index contributed by atoms with van der Waals surface area (Å²) in [6, 6.07) is 19.5. The van der Waals surface area contributed by atoms with Crippen molar-refractivity contribution in [3.05, 3.63) is 69.3 Å². The molecule has 2 heterocycles. The van der Waals surface area contributed by atoms with Crippen LogP contribution >= 0.6 is 22.6 Å². The SMILES string of the molecule is Ic1ccc(C2=C(c3ccccc3)C3CCC2O3)cc1. The lowest BCUT2D eigenvalue weighted by atomic mass is 9.84. The molecule has 0 saturated carbocycles. The first-order chi connectivity index (χ1) is 9.83. The molecule has 2 heteroatoms. The van der Waals surface area contributed by atoms with E-state index in [-0.39, 0.29) is 12.2 Å². The van der Waals surface area contributed by atoms with E-state index in [0.29, 0.717) is 0 Å². The van der Waals surface area contributed by atoms with Crippen molar-refractivity contribution in [2.45, 2.75) is 25.0 Å². The van der Waals surface area contributed by atoms with Crippen molar-refractivity contribution >= 4 is 33.7 Å². The number of halogens is 1. The van der Waals surface area contributed by atoms with Gasteiger partial charge in [-0.15, -0.1) is 0 Å². The molecule has 0 N–H and O–H groups in total. The highest BCUT2D eigenvalue weighted by Gasteiger charge is 2.41. The van der Waals surface area contributed by atoms with Gasteiger partial charge in [-0.1, -0.05) is 42.5 Å². The van der Waals surface area contributed by atoms with Crippen LogP contribution in [0.5, 0.6) is 0 Å². The van der Waals surface area contributed by atoms with Crippen molar-refractivity contribution in [3.8, 4) is 0 Å². The molecule has 2 bridgehead atoms. The lowest BCUT2D eigenvalue weighted by molar-refractivity contribution is 0.128. The van der Waals surface area contributed by atoms with E-state index >= 15 is 0 Å². The van der Waals surface area contributed by atoms with Crippen molar-refractivity contribution in [2.75, 3.05) is 0 Å². The first-order valence-corrected chi connectivity index (χ1v) is 8.12. The van der Waals surface area contributed by atoms with Gasteiger partial charge in [0.15, 0.2) is 0 Å². The predicted octanol–water partition coefficient (Wildman–Crippen LogP) is 4.76. The molecule has 100 valence electrons. The van der Waals surface area contributed by atoms with E-state index in [9.17, 15) is 0 Å². The molecule has 20 heavy (non-hydrogen) atoms. The molecule has 2 unspecified atom stereocenters. The summed E-state index contributed by atoms with van der Waals surface area (Å²) < 4.78 is 7.44. The largest absolute Gasteiger partial charge is 0.366 e. The molecular weight excluding hydrogens is 359 g/mol. The Hall–Kier alpha value is -1.13. The Balaban J connectivity index is 1.88. The summed E-state index contributed by atoms with van der Waals surface area (Å²) in [5.74, 6) is 0. The number of rotatable bonds is 2. The highest BCUT2D eigenvalue weighted by Crippen LogP contribution is 2.48. The smallest absolute Gasteiger partial charge is 0.0844 e. The van der Waals surface area contributed by atoms with E-state index < -0.39 is 0 Å². The Bertz CT molecular complexity index is 658. The molecule has 2 atom stereocenters. The van der Waals surface area contributed by atoms with Crippen molar-refractivity contribution in [1.29, 1.82) is 0 Å². The number of hydrogen-bond acceptors (Lipinski definition) is 1. The summed E-state index contributed by atoms with van der Waals surface area (Å²) in [7, 11) is 0. The van der Waals surface area contributed by atoms with Crippen molar-refractivity contribution in [3.63, 3.8) is 0 Å². The molecule has 4 rings (SSSR count). The van der Waals surface area contributed by atoms with Gasteiger partial charge in [0.1, 0.15) is 0 Å². The van der Waals surface area contributed by atoms with Crippen LogP contribution in [-0.4, -0.2) is 12.2 Å². The first kappa shape index (κ1) is 12.6. The lowest BCUT2D eigenvalue weighted by Gasteiger charge is -2.17. The van der Waals surface area contributed by atoms with Crippen LogP contribution in [0.3, 0.4) is 0 Å². The molecule has 0 amide bonds. The van der Waals surface area contributed by atoms with Gasteiger partial charge in [0, 0.05) is 3.57 Å². The zero-order valence-electron chi connectivity index (χ0n) is 11.1. The first-order valence-electron chi connectivity index (χ1n) is 7.04. The van der Waals surface area contributed by atoms with E-state index in [1.54, 1.807) is 0 Å². The summed E-state index contributed by atoms with van der Waals surface area (Å²) in [6.07, 6.45) is 2.89. The second-order valence-electron chi connectivity index (χ2n) is 5.39. The fourth-order valence-corrected chi connectivity index (χ4v) is 3.70. The summed E-state index contributed by atoms with van der Waals surface area (Å²) in [4.78, 5) is 0. The average molecular weight is 374 g/mol. The topological polar surface area (TPSA) is 9.23 Å². The normalized spacial score (nSPS) is 24.4. The zero-order chi connectivity index (χ0) is 13.5. The molecule has 2 aliphatic heterocycles. The minimum Gasteiger partial charge on any atom is -0.366 e. The van der Waals surface area contributed by atoms with Crippen molar-refractivity contribution in [2.24, 2.45) is 0 Å². The standard InChI is InChI=1S/C18H15IO/c19-14-8-6-13(7-9-14)18-16-11-10-15(20-16)17(18)12-4-2-1-3-5-12/h1-9,15-16H,10-11H2. The zero-order valence-corrected chi connectivity index (χ0v) is 13.2. The Morgan fingerprint density at radius 3 is 1.90 bits per heavy atom. The monoisotopic (exact) mass is 374 g/mol. The van der Waals surface area contributed by atoms with E-state index in [1.807, 2.05) is 0 Å². The van der Waals surface area contributed by atoms with E-state index in [2.05, 4.69) is 77.2 Å². The molecule has 2 aromatic rings. The van der Waals surface area contributed by atoms with Gasteiger partial charge < -0.3 is 4.74 Å². The molecule has 0 spiro atoms. The van der Waals surface area contributed by atoms with Gasteiger partial charge in [0.2, 0.25) is 0 Å². The van der Waals surface area contributed by atoms with Gasteiger partial charge in [0.25, 0.3) is 0 Å². The van der Waals surface area contributed by atoms with Gasteiger partial charge in [0.05, 0.1) is 12.2 Å². The average Bonchev–Trinajstić information content (AvgIpc) is 3.10. The van der Waals surface area contributed by atoms with Crippen LogP contribution in [-0.2, 0) is 4.74 Å². The van der Waals surface area contributed by atoms with E-state index in [1.165, 1.54) is 25.8 Å². The van der Waals surface area contributed by atoms with Crippen LogP contribution in [0.2, 0.25) is 0 Å². The third kappa shape index (κ3) is 2.02. The molecule has 0 aliphatic carbocycles. The van der Waals surface area contributed by atoms with Crippen LogP contribution in [0.1, 0.15) is 24.0 Å². The summed E-state index contributed by atoms with van der Waals surface area (Å²) in [5.41, 5.74) is 5.44. The van der Waals surface area contributed by atoms with Crippen molar-refractivity contribution < 1.29 is 4.74 Å². The maximum absolute atomic E-state index is 6.16. The summed E-state index contributed by atoms with van der Waals surface area (Å²) >= 11 is 2.35. The van der Waals surface area contributed by atoms with E-state index in [0.717, 1.165) is 12.8 Å². The number of fused-ring (bicyclic) bond motifs is 2. The lowest BCUT2D eigenvalue weighted by Crippen LogP contribution is -2.07. The molecule has 0 aromatic heterocycles. The second-order valence-corrected chi connectivity index (χ2v) is 6.64. The highest BCUT2D eigenvalue weighted by molar-refractivity contribution is 14.1. The van der Waals surface area contributed by atoms with Gasteiger partial charge >= 0.3 is 0 Å². The maximum Gasteiger partial charge on any atom is 0.0844 e. The number of benzene rings is 2. The number of hydrogen-bond donors (Lipinski definition) is 0. The van der Waals surface area contributed by atoms with Crippen LogP contribution in [0.25, 0.3) is 11.1 Å². The molecular formula is C18H15IO. The number of ether oxygens (including phenoxy) is 1. The summed E-state index contributed by atoms with van der Waals surface area (Å²) in [6.45, 7) is 0. The van der Waals surface area contributed by atoms with Crippen LogP contribution in [0.15, 0.2) is 54.6 Å². The van der Waals surface area contributed by atoms with Crippen LogP contribution < -0.4 is 0 Å². The Morgan fingerprint density at radius 2 is 1.30 bits per heavy atom. The van der Waals surface area contributed by atoms with Gasteiger partial charge in [-0.3, -0.25) is 0 Å². The fourth-order valence-electron chi connectivity index (χ4n) is 3.34. The van der Waals surface area contributed by atoms with Crippen LogP contribution in [0.4, 0.5) is 0 Å². The second kappa shape index (κ2) is 5.01. The quantitative estimate of drug-likeness (QED) is 0.689. The molecule has 1 nitrogen and oxygen atoms in total. The fraction of sp³-hybridized carbons (Fsp3) is 0.222. The third-order valence-corrected chi connectivity index (χ3v) is 4.91. The van der Waals surface area contributed by atoms with E-state index in [4.69, 9.17) is 4.74 Å². The molecule has 2 aliphatic rings. The highest BCUT2D eigenvalue weighted by atomic mass is 127. The Labute approximate surface area is 132 Å². The molecule has 2 aromatic carbocycles. The summed E-state index contributed by atoms with van der Waals surface area (Å²) in [5, 5.41) is 0. The van der Waals surface area contributed by atoms with Crippen LogP contribution in [0, 0.1) is 3.57 Å². The third-order valence-electron chi connectivity index (χ3n) is 4.19. The Morgan fingerprint density at radius 1 is 0.750 bits per heavy atom. The van der Waals surface area contributed by atoms with Gasteiger partial charge in [-0.2, -0.15) is 0 Å². The molecule has 1 fully saturated rings. The molecule has 0 radical (unpaired) electrons.